The molecule has 2 heterocycles. The van der Waals surface area contributed by atoms with Crippen molar-refractivity contribution in [2.75, 3.05) is 45.9 Å². The lowest BCUT2D eigenvalue weighted by atomic mass is 10.1. The summed E-state index contributed by atoms with van der Waals surface area (Å²) < 4.78 is 5.25. The largest absolute Gasteiger partial charge is 0.389 e. The van der Waals surface area contributed by atoms with Crippen molar-refractivity contribution in [3.8, 4) is 0 Å². The van der Waals surface area contributed by atoms with E-state index in [0.717, 1.165) is 31.1 Å². The smallest absolute Gasteiger partial charge is 0.264 e. The number of carbonyl (C=O) groups is 1. The van der Waals surface area contributed by atoms with Crippen LogP contribution in [-0.4, -0.2) is 72.9 Å². The SMILES string of the molecule is CCOC[C@H](O)CN1CCN(C(=O)c2sccc2C2CC2)CC1. The number of nitrogens with zero attached hydrogens (tertiary/aromatic N) is 2. The van der Waals surface area contributed by atoms with E-state index in [2.05, 4.69) is 11.0 Å². The number of hydrogen-bond acceptors (Lipinski definition) is 5. The molecule has 1 aliphatic heterocycles. The van der Waals surface area contributed by atoms with E-state index in [4.69, 9.17) is 4.74 Å². The zero-order valence-electron chi connectivity index (χ0n) is 13.7. The average molecular weight is 338 g/mol. The fourth-order valence-corrected chi connectivity index (χ4v) is 4.04. The van der Waals surface area contributed by atoms with Crippen LogP contribution in [0.3, 0.4) is 0 Å². The molecule has 5 nitrogen and oxygen atoms in total. The predicted molar refractivity (Wildman–Crippen MR) is 91.1 cm³/mol. The number of piperazine rings is 1. The molecule has 3 rings (SSSR count). The van der Waals surface area contributed by atoms with Crippen LogP contribution < -0.4 is 0 Å². The summed E-state index contributed by atoms with van der Waals surface area (Å²) in [6, 6.07) is 2.12. The standard InChI is InChI=1S/C17H26N2O3S/c1-2-22-12-14(20)11-18-6-8-19(9-7-18)17(21)16-15(5-10-23-16)13-3-4-13/h5,10,13-14,20H,2-4,6-9,11-12H2,1H3/t14-/m1/s1. The van der Waals surface area contributed by atoms with Crippen LogP contribution in [0.4, 0.5) is 0 Å². The molecule has 23 heavy (non-hydrogen) atoms. The Labute approximate surface area is 141 Å². The van der Waals surface area contributed by atoms with E-state index in [1.807, 2.05) is 17.2 Å². The Morgan fingerprint density at radius 2 is 2.13 bits per heavy atom. The second-order valence-electron chi connectivity index (χ2n) is 6.39. The summed E-state index contributed by atoms with van der Waals surface area (Å²) in [5.41, 5.74) is 1.26. The molecule has 1 saturated carbocycles. The molecule has 128 valence electrons. The van der Waals surface area contributed by atoms with E-state index >= 15 is 0 Å². The van der Waals surface area contributed by atoms with Crippen LogP contribution in [0, 0.1) is 0 Å². The Morgan fingerprint density at radius 3 is 2.78 bits per heavy atom. The second-order valence-corrected chi connectivity index (χ2v) is 7.30. The number of thiophene rings is 1. The van der Waals surface area contributed by atoms with Gasteiger partial charge in [-0.15, -0.1) is 11.3 Å². The van der Waals surface area contributed by atoms with Gasteiger partial charge < -0.3 is 14.7 Å². The van der Waals surface area contributed by atoms with E-state index in [1.54, 1.807) is 11.3 Å². The van der Waals surface area contributed by atoms with E-state index in [9.17, 15) is 9.90 Å². The highest BCUT2D eigenvalue weighted by Crippen LogP contribution is 2.43. The van der Waals surface area contributed by atoms with Gasteiger partial charge in [-0.2, -0.15) is 0 Å². The van der Waals surface area contributed by atoms with E-state index in [-0.39, 0.29) is 5.91 Å². The Bertz CT molecular complexity index is 522. The number of aliphatic hydroxyl groups excluding tert-OH is 1. The third kappa shape index (κ3) is 4.32. The van der Waals surface area contributed by atoms with Gasteiger partial charge >= 0.3 is 0 Å². The number of ether oxygens (including phenoxy) is 1. The molecule has 0 unspecified atom stereocenters. The highest BCUT2D eigenvalue weighted by molar-refractivity contribution is 7.12. The molecule has 0 aromatic carbocycles. The minimum Gasteiger partial charge on any atom is -0.389 e. The van der Waals surface area contributed by atoms with Crippen molar-refractivity contribution in [3.05, 3.63) is 21.9 Å². The van der Waals surface area contributed by atoms with Gasteiger partial charge in [0.05, 0.1) is 17.6 Å². The molecule has 1 aromatic heterocycles. The van der Waals surface area contributed by atoms with E-state index in [0.29, 0.717) is 25.7 Å². The van der Waals surface area contributed by atoms with Crippen LogP contribution in [0.1, 0.15) is 40.9 Å². The summed E-state index contributed by atoms with van der Waals surface area (Å²) in [4.78, 5) is 17.8. The molecule has 1 saturated heterocycles. The molecule has 1 N–H and O–H groups in total. The number of aliphatic hydroxyl groups is 1. The van der Waals surface area contributed by atoms with Crippen molar-refractivity contribution in [3.63, 3.8) is 0 Å². The normalized spacial score (nSPS) is 20.7. The van der Waals surface area contributed by atoms with Gasteiger partial charge in [0, 0.05) is 39.3 Å². The minimum absolute atomic E-state index is 0.191. The van der Waals surface area contributed by atoms with Gasteiger partial charge in [0.2, 0.25) is 0 Å². The molecule has 6 heteroatoms. The molecule has 2 fully saturated rings. The van der Waals surface area contributed by atoms with Crippen molar-refractivity contribution >= 4 is 17.2 Å². The topological polar surface area (TPSA) is 53.0 Å². The lowest BCUT2D eigenvalue weighted by Crippen LogP contribution is -2.50. The molecule has 2 aliphatic rings. The summed E-state index contributed by atoms with van der Waals surface area (Å²) in [6.07, 6.45) is 2.00. The van der Waals surface area contributed by atoms with Gasteiger partial charge in [-0.05, 0) is 42.7 Å². The maximum Gasteiger partial charge on any atom is 0.264 e. The van der Waals surface area contributed by atoms with E-state index < -0.39 is 6.10 Å². The van der Waals surface area contributed by atoms with Gasteiger partial charge in [0.25, 0.3) is 5.91 Å². The van der Waals surface area contributed by atoms with Crippen LogP contribution in [0.2, 0.25) is 0 Å². The van der Waals surface area contributed by atoms with Crippen LogP contribution in [0.25, 0.3) is 0 Å². The predicted octanol–water partition coefficient (Wildman–Crippen LogP) is 1.78. The van der Waals surface area contributed by atoms with E-state index in [1.165, 1.54) is 18.4 Å². The van der Waals surface area contributed by atoms with Crippen LogP contribution >= 0.6 is 11.3 Å². The Morgan fingerprint density at radius 1 is 1.39 bits per heavy atom. The summed E-state index contributed by atoms with van der Waals surface area (Å²) in [6.45, 7) is 6.67. The van der Waals surface area contributed by atoms with Gasteiger partial charge in [-0.25, -0.2) is 0 Å². The first kappa shape index (κ1) is 16.9. The Hall–Kier alpha value is -0.950. The number of hydrogen-bond donors (Lipinski definition) is 1. The van der Waals surface area contributed by atoms with Crippen molar-refractivity contribution in [2.45, 2.75) is 31.8 Å². The summed E-state index contributed by atoms with van der Waals surface area (Å²) >= 11 is 1.58. The molecule has 1 aromatic rings. The third-order valence-electron chi connectivity index (χ3n) is 4.55. The quantitative estimate of drug-likeness (QED) is 0.823. The number of amides is 1. The molecule has 1 aliphatic carbocycles. The molecule has 1 amide bonds. The maximum absolute atomic E-state index is 12.7. The van der Waals surface area contributed by atoms with Crippen molar-refractivity contribution in [1.29, 1.82) is 0 Å². The van der Waals surface area contributed by atoms with Gasteiger partial charge in [-0.3, -0.25) is 9.69 Å². The zero-order chi connectivity index (χ0) is 16.2. The number of rotatable bonds is 7. The van der Waals surface area contributed by atoms with Crippen molar-refractivity contribution in [2.24, 2.45) is 0 Å². The van der Waals surface area contributed by atoms with Crippen LogP contribution in [0.5, 0.6) is 0 Å². The third-order valence-corrected chi connectivity index (χ3v) is 5.47. The summed E-state index contributed by atoms with van der Waals surface area (Å²) in [5, 5.41) is 12.0. The molecule has 1 atom stereocenters. The first-order valence-electron chi connectivity index (χ1n) is 8.54. The lowest BCUT2D eigenvalue weighted by Gasteiger charge is -2.35. The minimum atomic E-state index is -0.448. The van der Waals surface area contributed by atoms with Crippen LogP contribution in [0.15, 0.2) is 11.4 Å². The molecule has 0 spiro atoms. The second kappa shape index (κ2) is 7.75. The number of β-amino-alcohol motifs (C(OH)–C–C–N with tert-alkyl or cyclic N) is 1. The zero-order valence-corrected chi connectivity index (χ0v) is 14.6. The first-order chi connectivity index (χ1) is 11.2. The average Bonchev–Trinajstić information content (AvgIpc) is 3.30. The van der Waals surface area contributed by atoms with Gasteiger partial charge in [0.15, 0.2) is 0 Å². The monoisotopic (exact) mass is 338 g/mol. The molecule has 0 radical (unpaired) electrons. The lowest BCUT2D eigenvalue weighted by molar-refractivity contribution is 0.0112. The maximum atomic E-state index is 12.7. The fraction of sp³-hybridized carbons (Fsp3) is 0.706. The summed E-state index contributed by atoms with van der Waals surface area (Å²) in [7, 11) is 0. The van der Waals surface area contributed by atoms with Crippen molar-refractivity contribution < 1.29 is 14.6 Å². The Balaban J connectivity index is 1.48. The highest BCUT2D eigenvalue weighted by Gasteiger charge is 2.31. The number of carbonyl (C=O) groups excluding carboxylic acids is 1. The summed E-state index contributed by atoms with van der Waals surface area (Å²) in [5.74, 6) is 0.812. The van der Waals surface area contributed by atoms with Gasteiger partial charge in [-0.1, -0.05) is 0 Å². The highest BCUT2D eigenvalue weighted by atomic mass is 32.1. The molecule has 0 bridgehead atoms. The first-order valence-corrected chi connectivity index (χ1v) is 9.41. The fourth-order valence-electron chi connectivity index (χ4n) is 3.09. The molecular formula is C17H26N2O3S. The van der Waals surface area contributed by atoms with Crippen LogP contribution in [-0.2, 0) is 4.74 Å². The Kier molecular flexibility index (Phi) is 5.69. The van der Waals surface area contributed by atoms with Gasteiger partial charge in [0.1, 0.15) is 0 Å². The van der Waals surface area contributed by atoms with Crippen molar-refractivity contribution in [1.82, 2.24) is 9.80 Å². The molecular weight excluding hydrogens is 312 g/mol.